The van der Waals surface area contributed by atoms with Gasteiger partial charge in [-0.05, 0) is 19.1 Å². The van der Waals surface area contributed by atoms with Crippen molar-refractivity contribution in [1.29, 1.82) is 0 Å². The Morgan fingerprint density at radius 1 is 1.47 bits per heavy atom. The van der Waals surface area contributed by atoms with Gasteiger partial charge in [0.2, 0.25) is 0 Å². The highest BCUT2D eigenvalue weighted by Crippen LogP contribution is 2.13. The average molecular weight is 223 g/mol. The number of halogens is 1. The molecule has 2 aromatic heterocycles. The first-order valence-corrected chi connectivity index (χ1v) is 4.98. The smallest absolute Gasteiger partial charge is 0.131 e. The quantitative estimate of drug-likeness (QED) is 0.784. The van der Waals surface area contributed by atoms with Gasteiger partial charge in [0.05, 0.1) is 18.6 Å². The Kier molecular flexibility index (Phi) is 2.87. The molecule has 0 aromatic carbocycles. The van der Waals surface area contributed by atoms with Crippen LogP contribution in [0, 0.1) is 6.92 Å². The van der Waals surface area contributed by atoms with Crippen molar-refractivity contribution in [3.8, 4) is 0 Å². The third-order valence-electron chi connectivity index (χ3n) is 2.12. The summed E-state index contributed by atoms with van der Waals surface area (Å²) in [6.07, 6.45) is 3.36. The second-order valence-electron chi connectivity index (χ2n) is 3.20. The lowest BCUT2D eigenvalue weighted by atomic mass is 10.3. The molecular formula is C10H11ClN4. The lowest BCUT2D eigenvalue weighted by Gasteiger charge is -2.04. The van der Waals surface area contributed by atoms with Gasteiger partial charge in [-0.25, -0.2) is 9.97 Å². The Morgan fingerprint density at radius 2 is 2.33 bits per heavy atom. The molecule has 0 saturated heterocycles. The summed E-state index contributed by atoms with van der Waals surface area (Å²) in [4.78, 5) is 11.1. The molecule has 5 heteroatoms. The summed E-state index contributed by atoms with van der Waals surface area (Å²) in [6.45, 7) is 2.67. The Balaban J connectivity index is 2.02. The summed E-state index contributed by atoms with van der Waals surface area (Å²) < 4.78 is 0. The number of aromatic nitrogens is 3. The normalized spacial score (nSPS) is 10.3. The molecule has 2 heterocycles. The summed E-state index contributed by atoms with van der Waals surface area (Å²) in [5.74, 6) is 0. The van der Waals surface area contributed by atoms with Crippen LogP contribution in [-0.4, -0.2) is 15.0 Å². The monoisotopic (exact) mass is 222 g/mol. The van der Waals surface area contributed by atoms with Gasteiger partial charge in [-0.15, -0.1) is 0 Å². The highest BCUT2D eigenvalue weighted by molar-refractivity contribution is 6.29. The summed E-state index contributed by atoms with van der Waals surface area (Å²) in [5.41, 5.74) is 3.02. The van der Waals surface area contributed by atoms with Crippen molar-refractivity contribution >= 4 is 17.3 Å². The number of imidazole rings is 1. The topological polar surface area (TPSA) is 53.6 Å². The molecule has 0 unspecified atom stereocenters. The fraction of sp³-hybridized carbons (Fsp3) is 0.200. The van der Waals surface area contributed by atoms with Crippen LogP contribution in [0.2, 0.25) is 5.15 Å². The number of hydrogen-bond acceptors (Lipinski definition) is 3. The van der Waals surface area contributed by atoms with Gasteiger partial charge in [0.1, 0.15) is 5.15 Å². The van der Waals surface area contributed by atoms with Gasteiger partial charge < -0.3 is 10.3 Å². The maximum atomic E-state index is 5.76. The molecule has 0 bridgehead atoms. The van der Waals surface area contributed by atoms with Crippen LogP contribution in [0.15, 0.2) is 24.7 Å². The fourth-order valence-corrected chi connectivity index (χ4v) is 1.44. The lowest BCUT2D eigenvalue weighted by molar-refractivity contribution is 1.05. The number of hydrogen-bond donors (Lipinski definition) is 2. The molecule has 0 atom stereocenters. The van der Waals surface area contributed by atoms with Gasteiger partial charge in [-0.3, -0.25) is 0 Å². The minimum Gasteiger partial charge on any atom is -0.379 e. The predicted octanol–water partition coefficient (Wildman–Crippen LogP) is 2.38. The first-order chi connectivity index (χ1) is 7.25. The van der Waals surface area contributed by atoms with E-state index in [0.29, 0.717) is 11.7 Å². The second-order valence-corrected chi connectivity index (χ2v) is 3.58. The van der Waals surface area contributed by atoms with Crippen molar-refractivity contribution in [2.24, 2.45) is 0 Å². The van der Waals surface area contributed by atoms with Gasteiger partial charge in [-0.1, -0.05) is 11.6 Å². The zero-order valence-electron chi connectivity index (χ0n) is 8.29. The minimum atomic E-state index is 0.485. The summed E-state index contributed by atoms with van der Waals surface area (Å²) >= 11 is 5.76. The maximum Gasteiger partial charge on any atom is 0.131 e. The van der Waals surface area contributed by atoms with Crippen molar-refractivity contribution in [2.45, 2.75) is 13.5 Å². The molecule has 0 spiro atoms. The van der Waals surface area contributed by atoms with Crippen LogP contribution in [0.3, 0.4) is 0 Å². The molecule has 0 saturated carbocycles. The number of nitrogens with zero attached hydrogens (tertiary/aromatic N) is 2. The number of aromatic amines is 1. The molecule has 0 amide bonds. The summed E-state index contributed by atoms with van der Waals surface area (Å²) in [5, 5.41) is 3.71. The van der Waals surface area contributed by atoms with Crippen molar-refractivity contribution < 1.29 is 0 Å². The molecule has 0 aliphatic heterocycles. The van der Waals surface area contributed by atoms with E-state index < -0.39 is 0 Å². The SMILES string of the molecule is Cc1[nH]cnc1CNc1ccnc(Cl)c1. The van der Waals surface area contributed by atoms with Crippen molar-refractivity contribution in [2.75, 3.05) is 5.32 Å². The second kappa shape index (κ2) is 4.31. The Hall–Kier alpha value is -1.55. The number of H-pyrrole nitrogens is 1. The third kappa shape index (κ3) is 2.47. The largest absolute Gasteiger partial charge is 0.379 e. The number of aryl methyl sites for hydroxylation is 1. The average Bonchev–Trinajstić information content (AvgIpc) is 2.61. The summed E-state index contributed by atoms with van der Waals surface area (Å²) in [7, 11) is 0. The lowest BCUT2D eigenvalue weighted by Crippen LogP contribution is -2.01. The molecule has 2 rings (SSSR count). The first kappa shape index (κ1) is 9.98. The van der Waals surface area contributed by atoms with Gasteiger partial charge in [0.15, 0.2) is 0 Å². The van der Waals surface area contributed by atoms with E-state index >= 15 is 0 Å². The van der Waals surface area contributed by atoms with Crippen LogP contribution in [0.25, 0.3) is 0 Å². The molecule has 4 nitrogen and oxygen atoms in total. The highest BCUT2D eigenvalue weighted by Gasteiger charge is 2.00. The van der Waals surface area contributed by atoms with Crippen LogP contribution < -0.4 is 5.32 Å². The number of anilines is 1. The zero-order chi connectivity index (χ0) is 10.7. The predicted molar refractivity (Wildman–Crippen MR) is 59.9 cm³/mol. The molecule has 78 valence electrons. The molecule has 0 fully saturated rings. The Morgan fingerprint density at radius 3 is 3.00 bits per heavy atom. The van der Waals surface area contributed by atoms with Crippen LogP contribution in [0.4, 0.5) is 5.69 Å². The van der Waals surface area contributed by atoms with Gasteiger partial charge >= 0.3 is 0 Å². The molecular weight excluding hydrogens is 212 g/mol. The highest BCUT2D eigenvalue weighted by atomic mass is 35.5. The van der Waals surface area contributed by atoms with Crippen molar-refractivity contribution in [3.05, 3.63) is 41.2 Å². The van der Waals surface area contributed by atoms with Crippen LogP contribution in [-0.2, 0) is 6.54 Å². The minimum absolute atomic E-state index is 0.485. The van der Waals surface area contributed by atoms with E-state index in [1.54, 1.807) is 18.6 Å². The van der Waals surface area contributed by atoms with Gasteiger partial charge in [-0.2, -0.15) is 0 Å². The Labute approximate surface area is 92.7 Å². The van der Waals surface area contributed by atoms with E-state index in [1.807, 2.05) is 13.0 Å². The number of rotatable bonds is 3. The number of nitrogens with one attached hydrogen (secondary N) is 2. The molecule has 15 heavy (non-hydrogen) atoms. The zero-order valence-corrected chi connectivity index (χ0v) is 9.04. The van der Waals surface area contributed by atoms with E-state index in [4.69, 9.17) is 11.6 Å². The van der Waals surface area contributed by atoms with E-state index in [0.717, 1.165) is 17.1 Å². The van der Waals surface area contributed by atoms with E-state index in [9.17, 15) is 0 Å². The molecule has 0 radical (unpaired) electrons. The molecule has 2 aromatic rings. The molecule has 2 N–H and O–H groups in total. The van der Waals surface area contributed by atoms with Crippen LogP contribution in [0.5, 0.6) is 0 Å². The van der Waals surface area contributed by atoms with Crippen LogP contribution in [0.1, 0.15) is 11.4 Å². The van der Waals surface area contributed by atoms with Gasteiger partial charge in [0, 0.05) is 17.6 Å². The Bertz CT molecular complexity index is 452. The first-order valence-electron chi connectivity index (χ1n) is 4.60. The summed E-state index contributed by atoms with van der Waals surface area (Å²) in [6, 6.07) is 3.65. The van der Waals surface area contributed by atoms with Gasteiger partial charge in [0.25, 0.3) is 0 Å². The van der Waals surface area contributed by atoms with E-state index in [2.05, 4.69) is 20.3 Å². The van der Waals surface area contributed by atoms with E-state index in [1.165, 1.54) is 0 Å². The van der Waals surface area contributed by atoms with Crippen molar-refractivity contribution in [3.63, 3.8) is 0 Å². The van der Waals surface area contributed by atoms with E-state index in [-0.39, 0.29) is 0 Å². The molecule has 0 aliphatic carbocycles. The number of pyridine rings is 1. The third-order valence-corrected chi connectivity index (χ3v) is 2.33. The van der Waals surface area contributed by atoms with Crippen LogP contribution >= 0.6 is 11.6 Å². The van der Waals surface area contributed by atoms with Crippen molar-refractivity contribution in [1.82, 2.24) is 15.0 Å². The molecule has 0 aliphatic rings. The maximum absolute atomic E-state index is 5.76. The fourth-order valence-electron chi connectivity index (χ4n) is 1.26. The standard InChI is InChI=1S/C10H11ClN4/c1-7-9(15-6-14-7)5-13-8-2-3-12-10(11)4-8/h2-4,6H,5H2,1H3,(H,12,13)(H,14,15).